The monoisotopic (exact) mass is 221 g/mol. The maximum Gasteiger partial charge on any atom is 0.116 e. The molecule has 2 aromatic carbocycles. The fourth-order valence-electron chi connectivity index (χ4n) is 2.02. The molecule has 0 fully saturated rings. The van der Waals surface area contributed by atoms with Crippen LogP contribution in [0.25, 0.3) is 21.9 Å². The molecule has 2 heteroatoms. The van der Waals surface area contributed by atoms with Crippen molar-refractivity contribution in [2.45, 2.75) is 0 Å². The van der Waals surface area contributed by atoms with E-state index in [0.29, 0.717) is 0 Å². The Morgan fingerprint density at radius 3 is 2.65 bits per heavy atom. The number of hydrogen-bond acceptors (Lipinski definition) is 2. The Bertz CT molecular complexity index is 671. The van der Waals surface area contributed by atoms with Crippen LogP contribution in [0.15, 0.2) is 60.9 Å². The second kappa shape index (κ2) is 3.91. The number of benzene rings is 2. The lowest BCUT2D eigenvalue weighted by atomic mass is 10.0. The summed E-state index contributed by atoms with van der Waals surface area (Å²) in [7, 11) is 0. The average Bonchev–Trinajstić information content (AvgIpc) is 2.38. The number of aromatic nitrogens is 1. The second-order valence-electron chi connectivity index (χ2n) is 3.96. The lowest BCUT2D eigenvalue weighted by Crippen LogP contribution is -1.83. The van der Waals surface area contributed by atoms with E-state index in [4.69, 9.17) is 0 Å². The summed E-state index contributed by atoms with van der Waals surface area (Å²) in [6.45, 7) is 0. The van der Waals surface area contributed by atoms with E-state index in [1.807, 2.05) is 42.7 Å². The average molecular weight is 221 g/mol. The van der Waals surface area contributed by atoms with Crippen molar-refractivity contribution in [1.82, 2.24) is 4.98 Å². The fraction of sp³-hybridized carbons (Fsp3) is 0. The summed E-state index contributed by atoms with van der Waals surface area (Å²) in [4.78, 5) is 4.24. The Morgan fingerprint density at radius 2 is 1.76 bits per heavy atom. The first-order valence-electron chi connectivity index (χ1n) is 5.47. The third-order valence-electron chi connectivity index (χ3n) is 2.83. The highest BCUT2D eigenvalue weighted by atomic mass is 16.3. The van der Waals surface area contributed by atoms with Crippen molar-refractivity contribution in [2.75, 3.05) is 0 Å². The minimum absolute atomic E-state index is 0.274. The normalized spacial score (nSPS) is 10.6. The standard InChI is InChI=1S/C15H11NO/c17-13-6-3-5-11(8-13)15-10-16-9-12-4-1-2-7-14(12)15/h1-10,17H. The zero-order valence-electron chi connectivity index (χ0n) is 9.17. The van der Waals surface area contributed by atoms with Crippen LogP contribution in [0.3, 0.4) is 0 Å². The maximum absolute atomic E-state index is 9.53. The summed E-state index contributed by atoms with van der Waals surface area (Å²) in [6.07, 6.45) is 3.68. The Morgan fingerprint density at radius 1 is 0.882 bits per heavy atom. The topological polar surface area (TPSA) is 33.1 Å². The van der Waals surface area contributed by atoms with Crippen LogP contribution >= 0.6 is 0 Å². The largest absolute Gasteiger partial charge is 0.508 e. The van der Waals surface area contributed by atoms with Crippen LogP contribution in [0.5, 0.6) is 5.75 Å². The molecule has 0 aliphatic rings. The Kier molecular flexibility index (Phi) is 2.26. The third kappa shape index (κ3) is 1.74. The van der Waals surface area contributed by atoms with Crippen molar-refractivity contribution in [2.24, 2.45) is 0 Å². The molecule has 17 heavy (non-hydrogen) atoms. The van der Waals surface area contributed by atoms with Crippen LogP contribution in [0.4, 0.5) is 0 Å². The van der Waals surface area contributed by atoms with Gasteiger partial charge in [0.05, 0.1) is 0 Å². The van der Waals surface area contributed by atoms with Crippen molar-refractivity contribution in [3.05, 3.63) is 60.9 Å². The van der Waals surface area contributed by atoms with Gasteiger partial charge in [-0.2, -0.15) is 0 Å². The van der Waals surface area contributed by atoms with Gasteiger partial charge in [-0.25, -0.2) is 0 Å². The molecule has 0 radical (unpaired) electrons. The highest BCUT2D eigenvalue weighted by Crippen LogP contribution is 2.29. The van der Waals surface area contributed by atoms with Crippen LogP contribution in [0.1, 0.15) is 0 Å². The third-order valence-corrected chi connectivity index (χ3v) is 2.83. The van der Waals surface area contributed by atoms with Crippen LogP contribution in [-0.4, -0.2) is 10.1 Å². The number of rotatable bonds is 1. The minimum Gasteiger partial charge on any atom is -0.508 e. The molecule has 0 unspecified atom stereocenters. The maximum atomic E-state index is 9.53. The Hall–Kier alpha value is -2.35. The molecular weight excluding hydrogens is 210 g/mol. The first kappa shape index (κ1) is 9.85. The molecule has 0 saturated carbocycles. The van der Waals surface area contributed by atoms with E-state index in [1.54, 1.807) is 12.1 Å². The van der Waals surface area contributed by atoms with E-state index >= 15 is 0 Å². The van der Waals surface area contributed by atoms with Gasteiger partial charge in [0, 0.05) is 23.3 Å². The molecule has 1 aromatic heterocycles. The molecular formula is C15H11NO. The van der Waals surface area contributed by atoms with E-state index in [9.17, 15) is 5.11 Å². The van der Waals surface area contributed by atoms with E-state index < -0.39 is 0 Å². The van der Waals surface area contributed by atoms with E-state index in [0.717, 1.165) is 21.9 Å². The van der Waals surface area contributed by atoms with Gasteiger partial charge in [0.2, 0.25) is 0 Å². The first-order chi connectivity index (χ1) is 8.34. The zero-order valence-corrected chi connectivity index (χ0v) is 9.17. The predicted octanol–water partition coefficient (Wildman–Crippen LogP) is 3.61. The van der Waals surface area contributed by atoms with E-state index in [2.05, 4.69) is 11.1 Å². The molecule has 3 aromatic rings. The highest BCUT2D eigenvalue weighted by Gasteiger charge is 2.04. The van der Waals surface area contributed by atoms with Crippen LogP contribution < -0.4 is 0 Å². The molecule has 1 N–H and O–H groups in total. The summed E-state index contributed by atoms with van der Waals surface area (Å²) >= 11 is 0. The molecule has 0 amide bonds. The summed E-state index contributed by atoms with van der Waals surface area (Å²) < 4.78 is 0. The van der Waals surface area contributed by atoms with Gasteiger partial charge in [-0.05, 0) is 23.1 Å². The summed E-state index contributed by atoms with van der Waals surface area (Å²) in [5.41, 5.74) is 2.02. The number of phenolic OH excluding ortho intramolecular Hbond substituents is 1. The highest BCUT2D eigenvalue weighted by molar-refractivity contribution is 5.95. The number of fused-ring (bicyclic) bond motifs is 1. The molecule has 0 saturated heterocycles. The van der Waals surface area contributed by atoms with Crippen molar-refractivity contribution in [3.8, 4) is 16.9 Å². The summed E-state index contributed by atoms with van der Waals surface area (Å²) in [6, 6.07) is 15.3. The van der Waals surface area contributed by atoms with Gasteiger partial charge in [-0.1, -0.05) is 36.4 Å². The lowest BCUT2D eigenvalue weighted by Gasteiger charge is -2.06. The second-order valence-corrected chi connectivity index (χ2v) is 3.96. The fourth-order valence-corrected chi connectivity index (χ4v) is 2.02. The Balaban J connectivity index is 2.30. The molecule has 3 rings (SSSR count). The van der Waals surface area contributed by atoms with Crippen LogP contribution in [0, 0.1) is 0 Å². The van der Waals surface area contributed by atoms with E-state index in [1.165, 1.54) is 0 Å². The minimum atomic E-state index is 0.274. The molecule has 82 valence electrons. The van der Waals surface area contributed by atoms with Crippen molar-refractivity contribution < 1.29 is 5.11 Å². The SMILES string of the molecule is Oc1cccc(-c2cncc3ccccc23)c1. The summed E-state index contributed by atoms with van der Waals surface area (Å²) in [5, 5.41) is 11.8. The quantitative estimate of drug-likeness (QED) is 0.681. The molecule has 0 aliphatic heterocycles. The number of nitrogens with zero attached hydrogens (tertiary/aromatic N) is 1. The van der Waals surface area contributed by atoms with Crippen molar-refractivity contribution in [1.29, 1.82) is 0 Å². The van der Waals surface area contributed by atoms with Gasteiger partial charge in [0.1, 0.15) is 5.75 Å². The van der Waals surface area contributed by atoms with Gasteiger partial charge >= 0.3 is 0 Å². The number of pyridine rings is 1. The van der Waals surface area contributed by atoms with Crippen molar-refractivity contribution in [3.63, 3.8) is 0 Å². The number of hydrogen-bond donors (Lipinski definition) is 1. The van der Waals surface area contributed by atoms with Crippen molar-refractivity contribution >= 4 is 10.8 Å². The van der Waals surface area contributed by atoms with Gasteiger partial charge < -0.3 is 5.11 Å². The molecule has 1 heterocycles. The lowest BCUT2D eigenvalue weighted by molar-refractivity contribution is 0.475. The molecule has 0 aliphatic carbocycles. The first-order valence-corrected chi connectivity index (χ1v) is 5.47. The van der Waals surface area contributed by atoms with Crippen LogP contribution in [0.2, 0.25) is 0 Å². The number of aromatic hydroxyl groups is 1. The van der Waals surface area contributed by atoms with E-state index in [-0.39, 0.29) is 5.75 Å². The van der Waals surface area contributed by atoms with Gasteiger partial charge in [-0.3, -0.25) is 4.98 Å². The molecule has 0 atom stereocenters. The van der Waals surface area contributed by atoms with Crippen LogP contribution in [-0.2, 0) is 0 Å². The predicted molar refractivity (Wildman–Crippen MR) is 68.8 cm³/mol. The van der Waals surface area contributed by atoms with Gasteiger partial charge in [-0.15, -0.1) is 0 Å². The molecule has 0 spiro atoms. The van der Waals surface area contributed by atoms with Gasteiger partial charge in [0.15, 0.2) is 0 Å². The Labute approximate surface area is 99.2 Å². The molecule has 2 nitrogen and oxygen atoms in total. The summed E-state index contributed by atoms with van der Waals surface area (Å²) in [5.74, 6) is 0.274. The number of phenols is 1. The smallest absolute Gasteiger partial charge is 0.116 e. The van der Waals surface area contributed by atoms with Gasteiger partial charge in [0.25, 0.3) is 0 Å². The molecule has 0 bridgehead atoms. The zero-order chi connectivity index (χ0) is 11.7.